The zero-order valence-corrected chi connectivity index (χ0v) is 12.1. The summed E-state index contributed by atoms with van der Waals surface area (Å²) < 4.78 is 6.56. The van der Waals surface area contributed by atoms with Crippen LogP contribution in [0.4, 0.5) is 0 Å². The molecular weight excluding hydrogens is 316 g/mol. The zero-order valence-electron chi connectivity index (χ0n) is 10.5. The molecule has 2 aromatic carbocycles. The first kappa shape index (κ1) is 12.8. The van der Waals surface area contributed by atoms with E-state index in [0.29, 0.717) is 10.5 Å². The Bertz CT molecular complexity index is 716. The predicted molar refractivity (Wildman–Crippen MR) is 81.7 cm³/mol. The second kappa shape index (κ2) is 5.84. The van der Waals surface area contributed by atoms with Crippen LogP contribution in [0.25, 0.3) is 11.1 Å². The smallest absolute Gasteiger partial charge is 0.223 e. The van der Waals surface area contributed by atoms with Crippen molar-refractivity contribution >= 4 is 15.9 Å². The molecule has 3 nitrogen and oxygen atoms in total. The van der Waals surface area contributed by atoms with Crippen LogP contribution in [0.15, 0.2) is 71.6 Å². The molecule has 3 aromatic rings. The van der Waals surface area contributed by atoms with Crippen molar-refractivity contribution in [2.45, 2.75) is 0 Å². The highest BCUT2D eigenvalue weighted by molar-refractivity contribution is 9.10. The van der Waals surface area contributed by atoms with Crippen LogP contribution in [-0.2, 0) is 0 Å². The number of halogens is 1. The van der Waals surface area contributed by atoms with Crippen molar-refractivity contribution in [1.29, 1.82) is 0 Å². The Balaban J connectivity index is 1.99. The topological polar surface area (TPSA) is 35.0 Å². The van der Waals surface area contributed by atoms with E-state index >= 15 is 0 Å². The molecule has 0 N–H and O–H groups in total. The Morgan fingerprint density at radius 1 is 0.850 bits per heavy atom. The molecule has 0 radical (unpaired) electrons. The van der Waals surface area contributed by atoms with Gasteiger partial charge in [0.15, 0.2) is 0 Å². The van der Waals surface area contributed by atoms with Gasteiger partial charge in [-0.3, -0.25) is 0 Å². The third-order valence-corrected chi connectivity index (χ3v) is 3.23. The number of benzene rings is 2. The standard InChI is InChI=1S/C16H11BrN2O/c17-15-10-16(19-11-18-15)20-14-9-5-4-8-13(14)12-6-2-1-3-7-12/h1-11H. The summed E-state index contributed by atoms with van der Waals surface area (Å²) in [5.74, 6) is 1.28. The van der Waals surface area contributed by atoms with Crippen LogP contribution in [0.1, 0.15) is 0 Å². The van der Waals surface area contributed by atoms with Crippen LogP contribution in [0.3, 0.4) is 0 Å². The quantitative estimate of drug-likeness (QED) is 0.654. The summed E-state index contributed by atoms with van der Waals surface area (Å²) in [6, 6.07) is 19.7. The lowest BCUT2D eigenvalue weighted by molar-refractivity contribution is 0.462. The van der Waals surface area contributed by atoms with Gasteiger partial charge in [0.25, 0.3) is 0 Å². The van der Waals surface area contributed by atoms with Crippen LogP contribution < -0.4 is 4.74 Å². The summed E-state index contributed by atoms with van der Waals surface area (Å²) in [4.78, 5) is 8.09. The summed E-state index contributed by atoms with van der Waals surface area (Å²) in [7, 11) is 0. The highest BCUT2D eigenvalue weighted by Gasteiger charge is 2.07. The van der Waals surface area contributed by atoms with E-state index < -0.39 is 0 Å². The number of aromatic nitrogens is 2. The molecule has 98 valence electrons. The minimum absolute atomic E-state index is 0.509. The fourth-order valence-corrected chi connectivity index (χ4v) is 2.19. The fourth-order valence-electron chi connectivity index (χ4n) is 1.90. The van der Waals surface area contributed by atoms with Gasteiger partial charge in [0.05, 0.1) is 0 Å². The SMILES string of the molecule is Brc1cc(Oc2ccccc2-c2ccccc2)ncn1. The maximum absolute atomic E-state index is 5.86. The molecule has 0 spiro atoms. The molecule has 0 atom stereocenters. The molecule has 0 fully saturated rings. The molecule has 0 amide bonds. The third kappa shape index (κ3) is 2.86. The van der Waals surface area contributed by atoms with Crippen LogP contribution in [-0.4, -0.2) is 9.97 Å². The summed E-state index contributed by atoms with van der Waals surface area (Å²) in [5.41, 5.74) is 2.14. The lowest BCUT2D eigenvalue weighted by Crippen LogP contribution is -1.91. The molecule has 0 aliphatic heterocycles. The van der Waals surface area contributed by atoms with Gasteiger partial charge in [-0.2, -0.15) is 0 Å². The van der Waals surface area contributed by atoms with Crippen molar-refractivity contribution in [2.75, 3.05) is 0 Å². The number of rotatable bonds is 3. The van der Waals surface area contributed by atoms with Gasteiger partial charge in [0.1, 0.15) is 16.7 Å². The van der Waals surface area contributed by atoms with Crippen LogP contribution in [0.2, 0.25) is 0 Å². The van der Waals surface area contributed by atoms with E-state index in [1.807, 2.05) is 42.5 Å². The van der Waals surface area contributed by atoms with Gasteiger partial charge in [0.2, 0.25) is 5.88 Å². The summed E-state index contributed by atoms with van der Waals surface area (Å²) >= 11 is 3.31. The lowest BCUT2D eigenvalue weighted by atomic mass is 10.1. The molecule has 20 heavy (non-hydrogen) atoms. The Labute approximate surface area is 125 Å². The number of nitrogens with zero attached hydrogens (tertiary/aromatic N) is 2. The minimum Gasteiger partial charge on any atom is -0.438 e. The van der Waals surface area contributed by atoms with Crippen molar-refractivity contribution in [3.63, 3.8) is 0 Å². The molecule has 1 heterocycles. The highest BCUT2D eigenvalue weighted by Crippen LogP contribution is 2.32. The zero-order chi connectivity index (χ0) is 13.8. The maximum atomic E-state index is 5.86. The number of para-hydroxylation sites is 1. The third-order valence-electron chi connectivity index (χ3n) is 2.80. The normalized spacial score (nSPS) is 10.2. The van der Waals surface area contributed by atoms with Crippen molar-refractivity contribution < 1.29 is 4.74 Å². The molecular formula is C16H11BrN2O. The first-order valence-corrected chi connectivity index (χ1v) is 6.92. The average Bonchev–Trinajstić information content (AvgIpc) is 2.49. The number of hydrogen-bond acceptors (Lipinski definition) is 3. The first-order chi connectivity index (χ1) is 9.83. The predicted octanol–water partition coefficient (Wildman–Crippen LogP) is 4.70. The van der Waals surface area contributed by atoms with Crippen molar-refractivity contribution in [1.82, 2.24) is 9.97 Å². The van der Waals surface area contributed by atoms with E-state index in [9.17, 15) is 0 Å². The van der Waals surface area contributed by atoms with Gasteiger partial charge in [-0.15, -0.1) is 0 Å². The maximum Gasteiger partial charge on any atom is 0.223 e. The number of ether oxygens (including phenoxy) is 1. The molecule has 4 heteroatoms. The molecule has 0 saturated heterocycles. The van der Waals surface area contributed by atoms with Crippen LogP contribution >= 0.6 is 15.9 Å². The molecule has 3 rings (SSSR count). The molecule has 0 aliphatic carbocycles. The second-order valence-electron chi connectivity index (χ2n) is 4.14. The highest BCUT2D eigenvalue weighted by atomic mass is 79.9. The Kier molecular flexibility index (Phi) is 3.74. The summed E-state index contributed by atoms with van der Waals surface area (Å²) in [6.45, 7) is 0. The molecule has 0 bridgehead atoms. The monoisotopic (exact) mass is 326 g/mol. The molecule has 0 unspecified atom stereocenters. The Hall–Kier alpha value is -2.20. The van der Waals surface area contributed by atoms with E-state index in [0.717, 1.165) is 16.9 Å². The fraction of sp³-hybridized carbons (Fsp3) is 0. The van der Waals surface area contributed by atoms with Crippen molar-refractivity contribution in [3.05, 3.63) is 71.6 Å². The Morgan fingerprint density at radius 2 is 1.60 bits per heavy atom. The summed E-state index contributed by atoms with van der Waals surface area (Å²) in [6.07, 6.45) is 1.46. The summed E-state index contributed by atoms with van der Waals surface area (Å²) in [5, 5.41) is 0. The Morgan fingerprint density at radius 3 is 2.40 bits per heavy atom. The molecule has 0 aliphatic rings. The molecule has 1 aromatic heterocycles. The van der Waals surface area contributed by atoms with E-state index in [2.05, 4.69) is 38.0 Å². The first-order valence-electron chi connectivity index (χ1n) is 6.13. The van der Waals surface area contributed by atoms with Gasteiger partial charge in [-0.05, 0) is 27.6 Å². The molecule has 0 saturated carbocycles. The van der Waals surface area contributed by atoms with Gasteiger partial charge in [-0.1, -0.05) is 48.5 Å². The average molecular weight is 327 g/mol. The van der Waals surface area contributed by atoms with Crippen molar-refractivity contribution in [3.8, 4) is 22.8 Å². The number of hydrogen-bond donors (Lipinski definition) is 0. The van der Waals surface area contributed by atoms with E-state index in [1.165, 1.54) is 6.33 Å². The largest absolute Gasteiger partial charge is 0.438 e. The van der Waals surface area contributed by atoms with Crippen molar-refractivity contribution in [2.24, 2.45) is 0 Å². The van der Waals surface area contributed by atoms with Gasteiger partial charge in [-0.25, -0.2) is 9.97 Å². The lowest BCUT2D eigenvalue weighted by Gasteiger charge is -2.10. The van der Waals surface area contributed by atoms with Crippen LogP contribution in [0, 0.1) is 0 Å². The van der Waals surface area contributed by atoms with Gasteiger partial charge >= 0.3 is 0 Å². The minimum atomic E-state index is 0.509. The van der Waals surface area contributed by atoms with Crippen LogP contribution in [0.5, 0.6) is 11.6 Å². The van der Waals surface area contributed by atoms with Gasteiger partial charge < -0.3 is 4.74 Å². The van der Waals surface area contributed by atoms with E-state index in [1.54, 1.807) is 6.07 Å². The second-order valence-corrected chi connectivity index (χ2v) is 4.96. The van der Waals surface area contributed by atoms with E-state index in [-0.39, 0.29) is 0 Å². The van der Waals surface area contributed by atoms with E-state index in [4.69, 9.17) is 4.74 Å². The van der Waals surface area contributed by atoms with Gasteiger partial charge in [0, 0.05) is 11.6 Å².